The first-order valence-electron chi connectivity index (χ1n) is 8.54. The lowest BCUT2D eigenvalue weighted by molar-refractivity contribution is -0.136. The Morgan fingerprint density at radius 1 is 1.22 bits per heavy atom. The number of nitrogens with zero attached hydrogens (tertiary/aromatic N) is 2. The summed E-state index contributed by atoms with van der Waals surface area (Å²) in [6.07, 6.45) is 0.169. The van der Waals surface area contributed by atoms with E-state index in [-0.39, 0.29) is 43.0 Å². The number of hydrogen-bond donors (Lipinski definition) is 2. The smallest absolute Gasteiger partial charge is 0.262 e. The Balaban J connectivity index is 1.83. The van der Waals surface area contributed by atoms with Crippen LogP contribution >= 0.6 is 0 Å². The molecule has 0 aliphatic carbocycles. The minimum atomic E-state index is -1.01. The molecule has 9 nitrogen and oxygen atoms in total. The van der Waals surface area contributed by atoms with Crippen LogP contribution in [-0.2, 0) is 20.9 Å². The summed E-state index contributed by atoms with van der Waals surface area (Å²) in [5, 5.41) is 4.88. The molecule has 0 aromatic heterocycles. The maximum Gasteiger partial charge on any atom is 0.262 e. The Morgan fingerprint density at radius 3 is 2.63 bits per heavy atom. The maximum atomic E-state index is 12.9. The van der Waals surface area contributed by atoms with Gasteiger partial charge in [-0.3, -0.25) is 34.2 Å². The van der Waals surface area contributed by atoms with Gasteiger partial charge in [0.05, 0.1) is 17.7 Å². The van der Waals surface area contributed by atoms with E-state index < -0.39 is 29.7 Å². The van der Waals surface area contributed by atoms with Gasteiger partial charge in [0.15, 0.2) is 0 Å². The van der Waals surface area contributed by atoms with Crippen LogP contribution in [0, 0.1) is 0 Å². The lowest BCUT2D eigenvalue weighted by atomic mass is 10.0. The predicted molar refractivity (Wildman–Crippen MR) is 93.5 cm³/mol. The average Bonchev–Trinajstić information content (AvgIpc) is 2.85. The normalized spacial score (nSPS) is 19.4. The van der Waals surface area contributed by atoms with Gasteiger partial charge in [0.1, 0.15) is 6.04 Å². The van der Waals surface area contributed by atoms with Gasteiger partial charge in [-0.1, -0.05) is 12.1 Å². The summed E-state index contributed by atoms with van der Waals surface area (Å²) in [4.78, 5) is 63.5. The van der Waals surface area contributed by atoms with Crippen molar-refractivity contribution in [3.63, 3.8) is 0 Å². The van der Waals surface area contributed by atoms with E-state index in [9.17, 15) is 24.0 Å². The number of benzene rings is 1. The number of piperidine rings is 1. The minimum absolute atomic E-state index is 0.0667. The zero-order chi connectivity index (χ0) is 19.7. The molecule has 1 aromatic rings. The highest BCUT2D eigenvalue weighted by Gasteiger charge is 2.45. The van der Waals surface area contributed by atoms with E-state index in [1.165, 1.54) is 6.07 Å². The van der Waals surface area contributed by atoms with Crippen molar-refractivity contribution >= 4 is 29.5 Å². The van der Waals surface area contributed by atoms with E-state index in [1.54, 1.807) is 31.1 Å². The first kappa shape index (κ1) is 18.7. The highest BCUT2D eigenvalue weighted by atomic mass is 16.2. The summed E-state index contributed by atoms with van der Waals surface area (Å²) in [7, 11) is 3.53. The fourth-order valence-corrected chi connectivity index (χ4v) is 3.27. The topological polar surface area (TPSA) is 116 Å². The second-order valence-corrected chi connectivity index (χ2v) is 6.80. The van der Waals surface area contributed by atoms with Gasteiger partial charge >= 0.3 is 0 Å². The van der Waals surface area contributed by atoms with Crippen molar-refractivity contribution in [1.29, 1.82) is 0 Å². The van der Waals surface area contributed by atoms with E-state index in [2.05, 4.69) is 10.6 Å². The summed E-state index contributed by atoms with van der Waals surface area (Å²) in [6.45, 7) is 0.294. The summed E-state index contributed by atoms with van der Waals surface area (Å²) in [5.41, 5.74) is 0.897. The number of carbonyl (C=O) groups is 5. The van der Waals surface area contributed by atoms with E-state index in [0.29, 0.717) is 5.56 Å². The van der Waals surface area contributed by atoms with Crippen LogP contribution in [0.3, 0.4) is 0 Å². The largest absolute Gasteiger partial charge is 0.351 e. The van der Waals surface area contributed by atoms with Crippen LogP contribution in [0.15, 0.2) is 18.2 Å². The van der Waals surface area contributed by atoms with Crippen LogP contribution in [0.4, 0.5) is 0 Å². The third-order valence-corrected chi connectivity index (χ3v) is 4.49. The molecule has 1 atom stereocenters. The number of nitrogens with one attached hydrogen (secondary N) is 2. The van der Waals surface area contributed by atoms with Gasteiger partial charge in [-0.05, 0) is 32.1 Å². The molecule has 2 heterocycles. The van der Waals surface area contributed by atoms with Gasteiger partial charge in [-0.2, -0.15) is 0 Å². The van der Waals surface area contributed by atoms with Crippen molar-refractivity contribution in [2.24, 2.45) is 0 Å². The molecule has 0 saturated carbocycles. The van der Waals surface area contributed by atoms with Crippen LogP contribution in [0.2, 0.25) is 0 Å². The Hall–Kier alpha value is -3.07. The van der Waals surface area contributed by atoms with Crippen molar-refractivity contribution < 1.29 is 24.0 Å². The molecule has 0 bridgehead atoms. The lowest BCUT2D eigenvalue weighted by Crippen LogP contribution is -2.54. The number of amides is 5. The van der Waals surface area contributed by atoms with Gasteiger partial charge in [0.2, 0.25) is 17.7 Å². The number of rotatable bonds is 5. The fourth-order valence-electron chi connectivity index (χ4n) is 3.27. The Bertz CT molecular complexity index is 848. The van der Waals surface area contributed by atoms with Crippen LogP contribution in [0.1, 0.15) is 39.1 Å². The molecular weight excluding hydrogens is 352 g/mol. The van der Waals surface area contributed by atoms with Crippen molar-refractivity contribution in [1.82, 2.24) is 20.4 Å². The highest BCUT2D eigenvalue weighted by Crippen LogP contribution is 2.29. The first-order chi connectivity index (χ1) is 12.8. The molecule has 2 aliphatic heterocycles. The third kappa shape index (κ3) is 3.59. The molecular formula is C18H20N4O5. The Kier molecular flexibility index (Phi) is 5.04. The van der Waals surface area contributed by atoms with Crippen molar-refractivity contribution in [2.45, 2.75) is 25.4 Å². The van der Waals surface area contributed by atoms with Crippen molar-refractivity contribution in [3.8, 4) is 0 Å². The third-order valence-electron chi connectivity index (χ3n) is 4.49. The van der Waals surface area contributed by atoms with E-state index in [4.69, 9.17) is 0 Å². The number of imide groups is 2. The van der Waals surface area contributed by atoms with Gasteiger partial charge in [0, 0.05) is 13.0 Å². The van der Waals surface area contributed by atoms with Crippen molar-refractivity contribution in [3.05, 3.63) is 34.9 Å². The Morgan fingerprint density at radius 2 is 1.96 bits per heavy atom. The summed E-state index contributed by atoms with van der Waals surface area (Å²) >= 11 is 0. The zero-order valence-electron chi connectivity index (χ0n) is 15.1. The number of carbonyl (C=O) groups excluding carboxylic acids is 5. The summed E-state index contributed by atoms with van der Waals surface area (Å²) < 4.78 is 0. The molecule has 0 spiro atoms. The molecule has 2 N–H and O–H groups in total. The van der Waals surface area contributed by atoms with Gasteiger partial charge in [-0.25, -0.2) is 0 Å². The fraction of sp³-hybridized carbons (Fsp3) is 0.389. The number of hydrogen-bond acceptors (Lipinski definition) is 6. The average molecular weight is 372 g/mol. The number of fused-ring (bicyclic) bond motifs is 1. The van der Waals surface area contributed by atoms with E-state index in [1.807, 2.05) is 0 Å². The standard InChI is InChI=1S/C18H20N4O5/c1-21(2)9-14(24)19-8-10-4-3-5-11-15(10)18(27)22(17(11)26)12-6-7-13(23)20-16(12)25/h3-5,12H,6-9H2,1-2H3,(H,19,24)(H,20,23,25). The van der Waals surface area contributed by atoms with Crippen LogP contribution in [0.5, 0.6) is 0 Å². The van der Waals surface area contributed by atoms with Gasteiger partial charge in [0.25, 0.3) is 11.8 Å². The first-order valence-corrected chi connectivity index (χ1v) is 8.54. The van der Waals surface area contributed by atoms with Crippen LogP contribution in [0.25, 0.3) is 0 Å². The number of likely N-dealkylation sites (N-methyl/N-ethyl adjacent to an activating group) is 1. The molecule has 2 aliphatic rings. The van der Waals surface area contributed by atoms with Crippen LogP contribution < -0.4 is 10.6 Å². The molecule has 9 heteroatoms. The predicted octanol–water partition coefficient (Wildman–Crippen LogP) is -0.734. The maximum absolute atomic E-state index is 12.9. The highest BCUT2D eigenvalue weighted by molar-refractivity contribution is 6.24. The van der Waals surface area contributed by atoms with Gasteiger partial charge < -0.3 is 10.2 Å². The molecule has 0 radical (unpaired) electrons. The molecule has 3 rings (SSSR count). The SMILES string of the molecule is CN(C)CC(=O)NCc1cccc2c1C(=O)N(C1CCC(=O)NC1=O)C2=O. The Labute approximate surface area is 155 Å². The van der Waals surface area contributed by atoms with Gasteiger partial charge in [-0.15, -0.1) is 0 Å². The molecule has 5 amide bonds. The lowest BCUT2D eigenvalue weighted by Gasteiger charge is -2.27. The van der Waals surface area contributed by atoms with Crippen molar-refractivity contribution in [2.75, 3.05) is 20.6 Å². The minimum Gasteiger partial charge on any atom is -0.351 e. The molecule has 1 unspecified atom stereocenters. The van der Waals surface area contributed by atoms with E-state index >= 15 is 0 Å². The molecule has 142 valence electrons. The quantitative estimate of drug-likeness (QED) is 0.658. The monoisotopic (exact) mass is 372 g/mol. The summed E-state index contributed by atoms with van der Waals surface area (Å²) in [5.74, 6) is -2.43. The molecule has 27 heavy (non-hydrogen) atoms. The van der Waals surface area contributed by atoms with E-state index in [0.717, 1.165) is 4.90 Å². The summed E-state index contributed by atoms with van der Waals surface area (Å²) in [6, 6.07) is 3.80. The second-order valence-electron chi connectivity index (χ2n) is 6.80. The molecule has 1 saturated heterocycles. The van der Waals surface area contributed by atoms with Crippen LogP contribution in [-0.4, -0.2) is 66.0 Å². The molecule has 1 aromatic carbocycles. The second kappa shape index (κ2) is 7.28. The molecule has 1 fully saturated rings. The zero-order valence-corrected chi connectivity index (χ0v) is 15.1.